The minimum Gasteiger partial charge on any atom is -0.493 e. The van der Waals surface area contributed by atoms with Gasteiger partial charge in [-0.1, -0.05) is 12.1 Å². The van der Waals surface area contributed by atoms with Crippen LogP contribution in [0.3, 0.4) is 0 Å². The van der Waals surface area contributed by atoms with Gasteiger partial charge >= 0.3 is 0 Å². The van der Waals surface area contributed by atoms with Crippen LogP contribution in [0.2, 0.25) is 0 Å². The van der Waals surface area contributed by atoms with E-state index in [1.165, 1.54) is 0 Å². The minimum atomic E-state index is -0.497. The molecule has 6 heteroatoms. The van der Waals surface area contributed by atoms with E-state index in [1.54, 1.807) is 7.11 Å². The van der Waals surface area contributed by atoms with Crippen LogP contribution in [0.25, 0.3) is 0 Å². The Bertz CT molecular complexity index is 1050. The van der Waals surface area contributed by atoms with Crippen LogP contribution in [0.4, 0.5) is 0 Å². The number of ether oxygens (including phenoxy) is 3. The Balaban J connectivity index is 1.35. The first-order valence-electron chi connectivity index (χ1n) is 11.7. The summed E-state index contributed by atoms with van der Waals surface area (Å²) in [5.41, 5.74) is 3.32. The summed E-state index contributed by atoms with van der Waals surface area (Å²) < 4.78 is 17.4. The highest BCUT2D eigenvalue weighted by molar-refractivity contribution is 6.01. The standard InChI is InChI=1S/C27H33NO5/c1-5-32-23-8-6-20(16-24(23)31-4)7-9-25(30)28-12-10-27(11-13-28)17-22(29)21-15-18(2)14-19(3)26(21)33-27/h6,8,14-16H,5,7,9-13,17H2,1-4H3. The third-order valence-electron chi connectivity index (χ3n) is 6.70. The van der Waals surface area contributed by atoms with Crippen molar-refractivity contribution in [2.24, 2.45) is 0 Å². The SMILES string of the molecule is CCOc1ccc(CCC(=O)N2CCC3(CC2)CC(=O)c2cc(C)cc(C)c2O3)cc1OC. The van der Waals surface area contributed by atoms with Crippen LogP contribution in [-0.2, 0) is 11.2 Å². The van der Waals surface area contributed by atoms with E-state index in [2.05, 4.69) is 6.07 Å². The van der Waals surface area contributed by atoms with E-state index in [4.69, 9.17) is 14.2 Å². The third-order valence-corrected chi connectivity index (χ3v) is 6.70. The highest BCUT2D eigenvalue weighted by Gasteiger charge is 2.44. The number of aryl methyl sites for hydroxylation is 3. The van der Waals surface area contributed by atoms with E-state index in [1.807, 2.05) is 49.9 Å². The molecule has 2 aliphatic rings. The summed E-state index contributed by atoms with van der Waals surface area (Å²) in [4.78, 5) is 27.7. The van der Waals surface area contributed by atoms with E-state index in [0.29, 0.717) is 68.9 Å². The van der Waals surface area contributed by atoms with E-state index in [-0.39, 0.29) is 11.7 Å². The summed E-state index contributed by atoms with van der Waals surface area (Å²) in [6.07, 6.45) is 2.81. The van der Waals surface area contributed by atoms with Crippen molar-refractivity contribution in [3.05, 3.63) is 52.6 Å². The largest absolute Gasteiger partial charge is 0.493 e. The summed E-state index contributed by atoms with van der Waals surface area (Å²) >= 11 is 0. The molecule has 4 rings (SSSR count). The molecule has 2 heterocycles. The number of likely N-dealkylation sites (tertiary alicyclic amines) is 1. The van der Waals surface area contributed by atoms with Crippen molar-refractivity contribution >= 4 is 11.7 Å². The monoisotopic (exact) mass is 451 g/mol. The number of benzene rings is 2. The topological polar surface area (TPSA) is 65.1 Å². The van der Waals surface area contributed by atoms with Crippen LogP contribution in [-0.4, -0.2) is 49.0 Å². The molecule has 0 bridgehead atoms. The number of methoxy groups -OCH3 is 1. The van der Waals surface area contributed by atoms with Crippen LogP contribution in [0.15, 0.2) is 30.3 Å². The summed E-state index contributed by atoms with van der Waals surface area (Å²) in [5.74, 6) is 2.40. The molecule has 0 unspecified atom stereocenters. The maximum atomic E-state index is 12.9. The van der Waals surface area contributed by atoms with Crippen LogP contribution in [0, 0.1) is 13.8 Å². The molecule has 0 saturated carbocycles. The number of ketones is 1. The lowest BCUT2D eigenvalue weighted by molar-refractivity contribution is -0.134. The fourth-order valence-corrected chi connectivity index (χ4v) is 4.93. The molecule has 2 aromatic rings. The van der Waals surface area contributed by atoms with Gasteiger partial charge in [0, 0.05) is 32.4 Å². The number of nitrogens with zero attached hydrogens (tertiary/aromatic N) is 1. The second-order valence-corrected chi connectivity index (χ2v) is 9.14. The zero-order chi connectivity index (χ0) is 23.6. The molecule has 0 N–H and O–H groups in total. The number of amides is 1. The van der Waals surface area contributed by atoms with E-state index < -0.39 is 5.60 Å². The van der Waals surface area contributed by atoms with Gasteiger partial charge in [0.25, 0.3) is 0 Å². The molecule has 1 fully saturated rings. The molecule has 0 atom stereocenters. The molecular weight excluding hydrogens is 418 g/mol. The van der Waals surface area contributed by atoms with Crippen molar-refractivity contribution in [3.63, 3.8) is 0 Å². The average molecular weight is 452 g/mol. The second kappa shape index (κ2) is 9.46. The van der Waals surface area contributed by atoms with Gasteiger partial charge in [-0.05, 0) is 62.1 Å². The minimum absolute atomic E-state index is 0.132. The average Bonchev–Trinajstić information content (AvgIpc) is 2.80. The fraction of sp³-hybridized carbons (Fsp3) is 0.481. The molecule has 6 nitrogen and oxygen atoms in total. The number of carbonyl (C=O) groups excluding carboxylic acids is 2. The molecule has 0 aromatic heterocycles. The first-order chi connectivity index (χ1) is 15.8. The zero-order valence-electron chi connectivity index (χ0n) is 20.0. The van der Waals surface area contributed by atoms with Gasteiger partial charge in [-0.15, -0.1) is 0 Å². The quantitative estimate of drug-likeness (QED) is 0.639. The lowest BCUT2D eigenvalue weighted by atomic mass is 9.81. The van der Waals surface area contributed by atoms with Crippen molar-refractivity contribution < 1.29 is 23.8 Å². The number of hydrogen-bond donors (Lipinski definition) is 0. The van der Waals surface area contributed by atoms with Gasteiger partial charge in [-0.25, -0.2) is 0 Å². The van der Waals surface area contributed by atoms with E-state index in [9.17, 15) is 9.59 Å². The van der Waals surface area contributed by atoms with Gasteiger partial charge in [-0.3, -0.25) is 9.59 Å². The van der Waals surface area contributed by atoms with Gasteiger partial charge in [0.05, 0.1) is 25.7 Å². The third kappa shape index (κ3) is 4.85. The number of fused-ring (bicyclic) bond motifs is 1. The molecule has 2 aromatic carbocycles. The highest BCUT2D eigenvalue weighted by Crippen LogP contribution is 2.41. The van der Waals surface area contributed by atoms with Crippen LogP contribution < -0.4 is 14.2 Å². The fourth-order valence-electron chi connectivity index (χ4n) is 4.93. The summed E-state index contributed by atoms with van der Waals surface area (Å²) in [5, 5.41) is 0. The summed E-state index contributed by atoms with van der Waals surface area (Å²) in [7, 11) is 1.62. The van der Waals surface area contributed by atoms with Gasteiger partial charge in [-0.2, -0.15) is 0 Å². The molecule has 176 valence electrons. The molecule has 33 heavy (non-hydrogen) atoms. The maximum absolute atomic E-state index is 12.9. The second-order valence-electron chi connectivity index (χ2n) is 9.14. The van der Waals surface area contributed by atoms with Gasteiger partial charge in [0.2, 0.25) is 5.91 Å². The summed E-state index contributed by atoms with van der Waals surface area (Å²) in [6.45, 7) is 7.72. The smallest absolute Gasteiger partial charge is 0.222 e. The summed E-state index contributed by atoms with van der Waals surface area (Å²) in [6, 6.07) is 9.79. The van der Waals surface area contributed by atoms with Gasteiger partial charge < -0.3 is 19.1 Å². The van der Waals surface area contributed by atoms with E-state index >= 15 is 0 Å². The number of Topliss-reactive ketones (excluding diaryl/α,β-unsaturated/α-hetero) is 1. The van der Waals surface area contributed by atoms with Crippen molar-refractivity contribution in [1.29, 1.82) is 0 Å². The van der Waals surface area contributed by atoms with Crippen LogP contribution >= 0.6 is 0 Å². The maximum Gasteiger partial charge on any atom is 0.222 e. The molecule has 1 spiro atoms. The number of rotatable bonds is 6. The lowest BCUT2D eigenvalue weighted by Gasteiger charge is -2.44. The number of piperidine rings is 1. The van der Waals surface area contributed by atoms with Crippen molar-refractivity contribution in [2.45, 2.75) is 58.5 Å². The Morgan fingerprint density at radius 2 is 1.88 bits per heavy atom. The predicted octanol–water partition coefficient (Wildman–Crippen LogP) is 4.67. The normalized spacial score (nSPS) is 16.8. The molecule has 1 saturated heterocycles. The first-order valence-corrected chi connectivity index (χ1v) is 11.7. The Hall–Kier alpha value is -3.02. The Morgan fingerprint density at radius 1 is 1.12 bits per heavy atom. The van der Waals surface area contributed by atoms with E-state index in [0.717, 1.165) is 22.4 Å². The van der Waals surface area contributed by atoms with Crippen molar-refractivity contribution in [3.8, 4) is 17.2 Å². The Kier molecular flexibility index (Phi) is 6.63. The Labute approximate surface area is 195 Å². The molecule has 2 aliphatic heterocycles. The van der Waals surface area contributed by atoms with Crippen LogP contribution in [0.5, 0.6) is 17.2 Å². The lowest BCUT2D eigenvalue weighted by Crippen LogP contribution is -2.52. The van der Waals surface area contributed by atoms with Gasteiger partial charge in [0.15, 0.2) is 17.3 Å². The molecular formula is C27H33NO5. The Morgan fingerprint density at radius 3 is 2.58 bits per heavy atom. The molecule has 0 radical (unpaired) electrons. The van der Waals surface area contributed by atoms with Crippen molar-refractivity contribution in [1.82, 2.24) is 4.90 Å². The first kappa shape index (κ1) is 23.1. The predicted molar refractivity (Wildman–Crippen MR) is 127 cm³/mol. The van der Waals surface area contributed by atoms with Crippen molar-refractivity contribution in [2.75, 3.05) is 26.8 Å². The number of carbonyl (C=O) groups is 2. The zero-order valence-corrected chi connectivity index (χ0v) is 20.0. The molecule has 0 aliphatic carbocycles. The number of hydrogen-bond acceptors (Lipinski definition) is 5. The van der Waals surface area contributed by atoms with Gasteiger partial charge in [0.1, 0.15) is 11.4 Å². The molecule has 1 amide bonds. The highest BCUT2D eigenvalue weighted by atomic mass is 16.5. The van der Waals surface area contributed by atoms with Crippen LogP contribution in [0.1, 0.15) is 59.7 Å².